The maximum Gasteiger partial charge on any atom is 0.321 e. The minimum Gasteiger partial charge on any atom is -0.371 e. The summed E-state index contributed by atoms with van der Waals surface area (Å²) in [5.74, 6) is -0.306. The first kappa shape index (κ1) is 17.0. The molecule has 0 saturated carbocycles. The fourth-order valence-electron chi connectivity index (χ4n) is 3.57. The van der Waals surface area contributed by atoms with E-state index in [-0.39, 0.29) is 11.8 Å². The molecule has 6 heteroatoms. The normalized spacial score (nSPS) is 21.4. The standard InChI is InChI=1S/C18H27FN4O/c1-21(2)16-6-5-9-23(13-16)18(24)20-15-10-14(19)11-17(12-15)22-7-3-4-8-22/h10-12,16H,3-9,13H2,1-2H3,(H,20,24)/t16-/m1/s1. The molecule has 2 heterocycles. The van der Waals surface area contributed by atoms with Crippen molar-refractivity contribution in [3.63, 3.8) is 0 Å². The zero-order valence-corrected chi connectivity index (χ0v) is 14.6. The third kappa shape index (κ3) is 3.98. The van der Waals surface area contributed by atoms with Gasteiger partial charge in [0.1, 0.15) is 5.82 Å². The second kappa shape index (κ2) is 7.38. The average Bonchev–Trinajstić information content (AvgIpc) is 3.09. The SMILES string of the molecule is CN(C)[C@@H]1CCCN(C(=O)Nc2cc(F)cc(N3CCCC3)c2)C1. The summed E-state index contributed by atoms with van der Waals surface area (Å²) in [4.78, 5) is 18.7. The molecule has 0 unspecified atom stereocenters. The summed E-state index contributed by atoms with van der Waals surface area (Å²) in [7, 11) is 4.09. The van der Waals surface area contributed by atoms with Crippen LogP contribution in [0.2, 0.25) is 0 Å². The number of nitrogens with one attached hydrogen (secondary N) is 1. The number of hydrogen-bond donors (Lipinski definition) is 1. The topological polar surface area (TPSA) is 38.8 Å². The van der Waals surface area contributed by atoms with Crippen LogP contribution in [0.15, 0.2) is 18.2 Å². The fourth-order valence-corrected chi connectivity index (χ4v) is 3.57. The third-order valence-electron chi connectivity index (χ3n) is 5.02. The van der Waals surface area contributed by atoms with E-state index in [1.165, 1.54) is 6.07 Å². The van der Waals surface area contributed by atoms with Crippen LogP contribution < -0.4 is 10.2 Å². The predicted octanol–water partition coefficient (Wildman–Crippen LogP) is 2.98. The number of urea groups is 1. The lowest BCUT2D eigenvalue weighted by molar-refractivity contribution is 0.148. The smallest absolute Gasteiger partial charge is 0.321 e. The van der Waals surface area contributed by atoms with Gasteiger partial charge in [-0.15, -0.1) is 0 Å². The molecule has 0 radical (unpaired) electrons. The summed E-state index contributed by atoms with van der Waals surface area (Å²) in [5, 5.41) is 2.88. The van der Waals surface area contributed by atoms with Crippen LogP contribution in [-0.2, 0) is 0 Å². The number of benzene rings is 1. The van der Waals surface area contributed by atoms with E-state index in [1.807, 2.05) is 25.1 Å². The van der Waals surface area contributed by atoms with Crippen LogP contribution in [0.1, 0.15) is 25.7 Å². The lowest BCUT2D eigenvalue weighted by atomic mass is 10.1. The summed E-state index contributed by atoms with van der Waals surface area (Å²) in [6.45, 7) is 3.37. The van der Waals surface area contributed by atoms with Crippen molar-refractivity contribution >= 4 is 17.4 Å². The Labute approximate surface area is 143 Å². The van der Waals surface area contributed by atoms with E-state index in [0.29, 0.717) is 18.3 Å². The van der Waals surface area contributed by atoms with E-state index >= 15 is 0 Å². The van der Waals surface area contributed by atoms with Gasteiger partial charge in [-0.3, -0.25) is 0 Å². The van der Waals surface area contributed by atoms with Crippen molar-refractivity contribution in [2.24, 2.45) is 0 Å². The molecule has 0 aromatic heterocycles. The molecule has 2 saturated heterocycles. The van der Waals surface area contributed by atoms with Crippen molar-refractivity contribution in [1.29, 1.82) is 0 Å². The second-order valence-corrected chi connectivity index (χ2v) is 7.03. The highest BCUT2D eigenvalue weighted by Crippen LogP contribution is 2.25. The number of carbonyl (C=O) groups is 1. The van der Waals surface area contributed by atoms with Crippen molar-refractivity contribution in [3.8, 4) is 0 Å². The molecule has 1 N–H and O–H groups in total. The van der Waals surface area contributed by atoms with Gasteiger partial charge in [-0.05, 0) is 58.0 Å². The summed E-state index contributed by atoms with van der Waals surface area (Å²) >= 11 is 0. The molecule has 5 nitrogen and oxygen atoms in total. The molecule has 1 aromatic carbocycles. The number of nitrogens with zero attached hydrogens (tertiary/aromatic N) is 3. The van der Waals surface area contributed by atoms with Gasteiger partial charge in [-0.25, -0.2) is 9.18 Å². The van der Waals surface area contributed by atoms with Crippen molar-refractivity contribution < 1.29 is 9.18 Å². The Kier molecular flexibility index (Phi) is 5.23. The highest BCUT2D eigenvalue weighted by molar-refractivity contribution is 5.90. The van der Waals surface area contributed by atoms with Crippen LogP contribution >= 0.6 is 0 Å². The van der Waals surface area contributed by atoms with Crippen LogP contribution in [0.25, 0.3) is 0 Å². The van der Waals surface area contributed by atoms with Crippen molar-refractivity contribution in [3.05, 3.63) is 24.0 Å². The molecule has 24 heavy (non-hydrogen) atoms. The molecule has 3 rings (SSSR count). The zero-order chi connectivity index (χ0) is 17.1. The number of likely N-dealkylation sites (tertiary alicyclic amines) is 1. The monoisotopic (exact) mass is 334 g/mol. The molecule has 2 aliphatic heterocycles. The van der Waals surface area contributed by atoms with Gasteiger partial charge in [0.15, 0.2) is 0 Å². The lowest BCUT2D eigenvalue weighted by Crippen LogP contribution is -2.48. The predicted molar refractivity (Wildman–Crippen MR) is 95.1 cm³/mol. The number of halogens is 1. The quantitative estimate of drug-likeness (QED) is 0.924. The van der Waals surface area contributed by atoms with E-state index in [0.717, 1.165) is 51.0 Å². The molecular formula is C18H27FN4O. The van der Waals surface area contributed by atoms with Crippen LogP contribution in [0, 0.1) is 5.82 Å². The van der Waals surface area contributed by atoms with Gasteiger partial charge in [0.05, 0.1) is 0 Å². The molecule has 2 amide bonds. The highest BCUT2D eigenvalue weighted by Gasteiger charge is 2.25. The van der Waals surface area contributed by atoms with Crippen molar-refractivity contribution in [2.75, 3.05) is 50.5 Å². The summed E-state index contributed by atoms with van der Waals surface area (Å²) in [5.41, 5.74) is 1.39. The number of carbonyl (C=O) groups excluding carboxylic acids is 1. The number of amides is 2. The van der Waals surface area contributed by atoms with Crippen LogP contribution in [0.4, 0.5) is 20.6 Å². The Morgan fingerprint density at radius 2 is 1.92 bits per heavy atom. The van der Waals surface area contributed by atoms with Crippen LogP contribution in [0.5, 0.6) is 0 Å². The fraction of sp³-hybridized carbons (Fsp3) is 0.611. The lowest BCUT2D eigenvalue weighted by Gasteiger charge is -2.36. The second-order valence-electron chi connectivity index (χ2n) is 7.03. The number of likely N-dealkylation sites (N-methyl/N-ethyl adjacent to an activating group) is 1. The zero-order valence-electron chi connectivity index (χ0n) is 14.6. The van der Waals surface area contributed by atoms with E-state index < -0.39 is 0 Å². The minimum absolute atomic E-state index is 0.139. The highest BCUT2D eigenvalue weighted by atomic mass is 19.1. The van der Waals surface area contributed by atoms with E-state index in [2.05, 4.69) is 15.1 Å². The van der Waals surface area contributed by atoms with E-state index in [4.69, 9.17) is 0 Å². The van der Waals surface area contributed by atoms with Gasteiger partial charge in [-0.2, -0.15) is 0 Å². The molecule has 1 atom stereocenters. The number of rotatable bonds is 3. The molecule has 1 aromatic rings. The first-order chi connectivity index (χ1) is 11.5. The van der Waals surface area contributed by atoms with Gasteiger partial charge in [0.25, 0.3) is 0 Å². The average molecular weight is 334 g/mol. The Balaban J connectivity index is 1.67. The maximum absolute atomic E-state index is 13.9. The Hall–Kier alpha value is -1.82. The van der Waals surface area contributed by atoms with Gasteiger partial charge in [0.2, 0.25) is 0 Å². The molecular weight excluding hydrogens is 307 g/mol. The van der Waals surface area contributed by atoms with Crippen molar-refractivity contribution in [2.45, 2.75) is 31.7 Å². The molecule has 0 spiro atoms. The largest absolute Gasteiger partial charge is 0.371 e. The Morgan fingerprint density at radius 1 is 1.17 bits per heavy atom. The first-order valence-corrected chi connectivity index (χ1v) is 8.81. The third-order valence-corrected chi connectivity index (χ3v) is 5.02. The molecule has 2 fully saturated rings. The maximum atomic E-state index is 13.9. The first-order valence-electron chi connectivity index (χ1n) is 8.81. The van der Waals surface area contributed by atoms with E-state index in [9.17, 15) is 9.18 Å². The van der Waals surface area contributed by atoms with Gasteiger partial charge >= 0.3 is 6.03 Å². The van der Waals surface area contributed by atoms with Gasteiger partial charge in [0, 0.05) is 43.6 Å². The molecule has 0 aliphatic carbocycles. The summed E-state index contributed by atoms with van der Waals surface area (Å²) in [6.07, 6.45) is 4.38. The summed E-state index contributed by atoms with van der Waals surface area (Å²) in [6, 6.07) is 5.06. The van der Waals surface area contributed by atoms with Gasteiger partial charge < -0.3 is 20.0 Å². The molecule has 2 aliphatic rings. The van der Waals surface area contributed by atoms with Crippen molar-refractivity contribution in [1.82, 2.24) is 9.80 Å². The Bertz CT molecular complexity index is 586. The van der Waals surface area contributed by atoms with Crippen LogP contribution in [-0.4, -0.2) is 62.1 Å². The number of hydrogen-bond acceptors (Lipinski definition) is 3. The molecule has 0 bridgehead atoms. The number of piperidine rings is 1. The number of anilines is 2. The van der Waals surface area contributed by atoms with Gasteiger partial charge in [-0.1, -0.05) is 0 Å². The van der Waals surface area contributed by atoms with E-state index in [1.54, 1.807) is 6.07 Å². The van der Waals surface area contributed by atoms with Crippen LogP contribution in [0.3, 0.4) is 0 Å². The minimum atomic E-state index is -0.306. The summed E-state index contributed by atoms with van der Waals surface area (Å²) < 4.78 is 13.9. The Morgan fingerprint density at radius 3 is 2.62 bits per heavy atom. The molecule has 132 valence electrons.